The van der Waals surface area contributed by atoms with Crippen LogP contribution in [0.25, 0.3) is 0 Å². The molecule has 7 nitrogen and oxygen atoms in total. The molecule has 2 N–H and O–H groups in total. The minimum Gasteiger partial charge on any atom is -0.493 e. The largest absolute Gasteiger partial charge is 0.493 e. The minimum atomic E-state index is -0.357. The van der Waals surface area contributed by atoms with Gasteiger partial charge in [0.1, 0.15) is 5.82 Å². The van der Waals surface area contributed by atoms with Crippen molar-refractivity contribution in [1.29, 1.82) is 0 Å². The number of aryl methyl sites for hydroxylation is 1. The van der Waals surface area contributed by atoms with Gasteiger partial charge in [-0.15, -0.1) is 10.2 Å². The van der Waals surface area contributed by atoms with Crippen LogP contribution in [0, 0.1) is 6.92 Å². The summed E-state index contributed by atoms with van der Waals surface area (Å²) in [5.74, 6) is 1.36. The lowest BCUT2D eigenvalue weighted by atomic mass is 10.1. The molecule has 0 atom stereocenters. The highest BCUT2D eigenvalue weighted by atomic mass is 16.5. The van der Waals surface area contributed by atoms with Crippen LogP contribution in [0.4, 0.5) is 11.5 Å². The third-order valence-electron chi connectivity index (χ3n) is 4.13. The Kier molecular flexibility index (Phi) is 6.06. The van der Waals surface area contributed by atoms with E-state index in [2.05, 4.69) is 52.0 Å². The van der Waals surface area contributed by atoms with Gasteiger partial charge in [0.15, 0.2) is 17.2 Å². The summed E-state index contributed by atoms with van der Waals surface area (Å²) in [6, 6.07) is 16.7. The third-order valence-corrected chi connectivity index (χ3v) is 4.13. The highest BCUT2D eigenvalue weighted by Crippen LogP contribution is 2.29. The van der Waals surface area contributed by atoms with Crippen LogP contribution in [0.2, 0.25) is 0 Å². The van der Waals surface area contributed by atoms with Crippen molar-refractivity contribution >= 4 is 17.4 Å². The molecule has 28 heavy (non-hydrogen) atoms. The van der Waals surface area contributed by atoms with Gasteiger partial charge in [-0.25, -0.2) is 0 Å². The number of hydrogen-bond acceptors (Lipinski definition) is 6. The van der Waals surface area contributed by atoms with Crippen molar-refractivity contribution in [3.8, 4) is 11.5 Å². The van der Waals surface area contributed by atoms with E-state index >= 15 is 0 Å². The zero-order chi connectivity index (χ0) is 19.9. The topological polar surface area (TPSA) is 85.4 Å². The zero-order valence-electron chi connectivity index (χ0n) is 16.0. The van der Waals surface area contributed by atoms with E-state index in [4.69, 9.17) is 9.47 Å². The quantitative estimate of drug-likeness (QED) is 0.653. The van der Waals surface area contributed by atoms with Crippen LogP contribution in [0.5, 0.6) is 11.5 Å². The van der Waals surface area contributed by atoms with Gasteiger partial charge in [0, 0.05) is 18.3 Å². The van der Waals surface area contributed by atoms with Crippen molar-refractivity contribution in [2.45, 2.75) is 13.5 Å². The lowest BCUT2D eigenvalue weighted by Crippen LogP contribution is -2.15. The molecule has 0 spiro atoms. The van der Waals surface area contributed by atoms with Crippen molar-refractivity contribution < 1.29 is 14.3 Å². The van der Waals surface area contributed by atoms with Crippen LogP contribution < -0.4 is 20.1 Å². The van der Waals surface area contributed by atoms with Crippen LogP contribution in [-0.2, 0) is 6.54 Å². The summed E-state index contributed by atoms with van der Waals surface area (Å²) in [5, 5.41) is 14.0. The first-order chi connectivity index (χ1) is 13.6. The molecule has 0 aliphatic carbocycles. The molecule has 2 aromatic carbocycles. The van der Waals surface area contributed by atoms with Gasteiger partial charge in [-0.2, -0.15) is 0 Å². The fourth-order valence-corrected chi connectivity index (χ4v) is 2.56. The summed E-state index contributed by atoms with van der Waals surface area (Å²) < 4.78 is 10.4. The molecule has 0 saturated carbocycles. The van der Waals surface area contributed by atoms with Crippen LogP contribution in [0.15, 0.2) is 54.6 Å². The first-order valence-corrected chi connectivity index (χ1v) is 8.75. The number of benzene rings is 2. The van der Waals surface area contributed by atoms with E-state index in [1.54, 1.807) is 37.4 Å². The predicted octanol–water partition coefficient (Wildman–Crippen LogP) is 3.67. The molecule has 3 aromatic rings. The highest BCUT2D eigenvalue weighted by molar-refractivity contribution is 6.02. The monoisotopic (exact) mass is 378 g/mol. The molecule has 0 bridgehead atoms. The average Bonchev–Trinajstić information content (AvgIpc) is 2.73. The lowest BCUT2D eigenvalue weighted by Gasteiger charge is -2.10. The Morgan fingerprint density at radius 2 is 1.68 bits per heavy atom. The van der Waals surface area contributed by atoms with E-state index in [9.17, 15) is 4.79 Å². The van der Waals surface area contributed by atoms with Gasteiger partial charge >= 0.3 is 0 Å². The van der Waals surface area contributed by atoms with E-state index in [1.807, 2.05) is 0 Å². The van der Waals surface area contributed by atoms with Crippen molar-refractivity contribution in [1.82, 2.24) is 10.2 Å². The number of nitrogens with zero attached hydrogens (tertiary/aromatic N) is 2. The standard InChI is InChI=1S/C21H22N4O3/c1-14-4-6-15(7-5-14)13-22-20-11-9-17(24-25-20)21(26)23-16-8-10-18(27-2)19(12-16)28-3/h4-12H,13H2,1-3H3,(H,22,25)(H,23,26). The van der Waals surface area contributed by atoms with E-state index < -0.39 is 0 Å². The second-order valence-corrected chi connectivity index (χ2v) is 6.17. The molecular formula is C21H22N4O3. The second-order valence-electron chi connectivity index (χ2n) is 6.17. The Morgan fingerprint density at radius 1 is 0.929 bits per heavy atom. The Bertz CT molecular complexity index is 941. The van der Waals surface area contributed by atoms with Crippen LogP contribution in [-0.4, -0.2) is 30.3 Å². The number of nitrogens with one attached hydrogen (secondary N) is 2. The van der Waals surface area contributed by atoms with Gasteiger partial charge in [-0.05, 0) is 36.8 Å². The number of ether oxygens (including phenoxy) is 2. The normalized spacial score (nSPS) is 10.2. The van der Waals surface area contributed by atoms with Crippen molar-refractivity contribution in [3.63, 3.8) is 0 Å². The van der Waals surface area contributed by atoms with Gasteiger partial charge in [0.05, 0.1) is 14.2 Å². The molecule has 0 radical (unpaired) electrons. The molecule has 1 aromatic heterocycles. The summed E-state index contributed by atoms with van der Waals surface area (Å²) in [5.41, 5.74) is 3.15. The van der Waals surface area contributed by atoms with E-state index in [0.717, 1.165) is 5.56 Å². The molecule has 1 amide bonds. The zero-order valence-corrected chi connectivity index (χ0v) is 16.0. The summed E-state index contributed by atoms with van der Waals surface area (Å²) in [6.07, 6.45) is 0. The number of aromatic nitrogens is 2. The number of anilines is 2. The van der Waals surface area contributed by atoms with Gasteiger partial charge in [0.2, 0.25) is 0 Å². The number of rotatable bonds is 7. The average molecular weight is 378 g/mol. The second kappa shape index (κ2) is 8.85. The van der Waals surface area contributed by atoms with Crippen molar-refractivity contribution in [2.75, 3.05) is 24.9 Å². The SMILES string of the molecule is COc1ccc(NC(=O)c2ccc(NCc3ccc(C)cc3)nn2)cc1OC. The van der Waals surface area contributed by atoms with Crippen molar-refractivity contribution in [3.05, 3.63) is 71.4 Å². The third kappa shape index (κ3) is 4.76. The molecule has 0 aliphatic heterocycles. The van der Waals surface area contributed by atoms with E-state index in [1.165, 1.54) is 12.7 Å². The lowest BCUT2D eigenvalue weighted by molar-refractivity contribution is 0.102. The van der Waals surface area contributed by atoms with Gasteiger partial charge < -0.3 is 20.1 Å². The van der Waals surface area contributed by atoms with Crippen LogP contribution in [0.3, 0.4) is 0 Å². The Hall–Kier alpha value is -3.61. The Balaban J connectivity index is 1.61. The first-order valence-electron chi connectivity index (χ1n) is 8.75. The number of carbonyl (C=O) groups excluding carboxylic acids is 1. The fraction of sp³-hybridized carbons (Fsp3) is 0.190. The molecule has 144 valence electrons. The van der Waals surface area contributed by atoms with E-state index in [-0.39, 0.29) is 11.6 Å². The first kappa shape index (κ1) is 19.2. The minimum absolute atomic E-state index is 0.218. The van der Waals surface area contributed by atoms with Crippen molar-refractivity contribution in [2.24, 2.45) is 0 Å². The van der Waals surface area contributed by atoms with Gasteiger partial charge in [-0.1, -0.05) is 29.8 Å². The number of hydrogen-bond donors (Lipinski definition) is 2. The Labute approximate surface area is 163 Å². The molecule has 0 fully saturated rings. The van der Waals surface area contributed by atoms with Gasteiger partial charge in [0.25, 0.3) is 5.91 Å². The number of methoxy groups -OCH3 is 2. The molecule has 0 aliphatic rings. The molecule has 0 saturated heterocycles. The molecule has 7 heteroatoms. The van der Waals surface area contributed by atoms with Gasteiger partial charge in [-0.3, -0.25) is 4.79 Å². The highest BCUT2D eigenvalue weighted by Gasteiger charge is 2.11. The number of amides is 1. The summed E-state index contributed by atoms with van der Waals surface area (Å²) in [6.45, 7) is 2.68. The Morgan fingerprint density at radius 3 is 2.32 bits per heavy atom. The summed E-state index contributed by atoms with van der Waals surface area (Å²) >= 11 is 0. The smallest absolute Gasteiger partial charge is 0.276 e. The molecule has 1 heterocycles. The predicted molar refractivity (Wildman–Crippen MR) is 108 cm³/mol. The van der Waals surface area contributed by atoms with Crippen LogP contribution in [0.1, 0.15) is 21.6 Å². The maximum atomic E-state index is 12.4. The van der Waals surface area contributed by atoms with Crippen LogP contribution >= 0.6 is 0 Å². The summed E-state index contributed by atoms with van der Waals surface area (Å²) in [4.78, 5) is 12.4. The summed E-state index contributed by atoms with van der Waals surface area (Å²) in [7, 11) is 3.09. The number of carbonyl (C=O) groups is 1. The molecular weight excluding hydrogens is 356 g/mol. The maximum Gasteiger partial charge on any atom is 0.276 e. The van der Waals surface area contributed by atoms with E-state index in [0.29, 0.717) is 29.5 Å². The maximum absolute atomic E-state index is 12.4. The molecule has 3 rings (SSSR count). The fourth-order valence-electron chi connectivity index (χ4n) is 2.56. The molecule has 0 unspecified atom stereocenters.